The van der Waals surface area contributed by atoms with Crippen molar-refractivity contribution in [3.63, 3.8) is 0 Å². The number of nitrogens with one attached hydrogen (secondary N) is 1. The van der Waals surface area contributed by atoms with Crippen LogP contribution in [0.3, 0.4) is 0 Å². The molecule has 1 fully saturated rings. The van der Waals surface area contributed by atoms with E-state index < -0.39 is 0 Å². The van der Waals surface area contributed by atoms with E-state index in [1.807, 2.05) is 48.3 Å². The quantitative estimate of drug-likeness (QED) is 0.441. The van der Waals surface area contributed by atoms with Crippen LogP contribution in [0.4, 0.5) is 11.4 Å². The minimum absolute atomic E-state index is 0.0444. The van der Waals surface area contributed by atoms with E-state index in [0.29, 0.717) is 31.2 Å². The molecule has 3 aromatic carbocycles. The summed E-state index contributed by atoms with van der Waals surface area (Å²) in [6.07, 6.45) is 0. The molecule has 1 heterocycles. The standard InChI is InChI=1S/C29H36N4O3/c1-31(20-21-36-28-11-7-6-10-27(28)35-2)23-29(34)30-25-12-14-26(15-13-25)33-18-16-32(17-19-33)22-24-8-4-3-5-9-24/h3-15H,16-23H2,1-2H3,(H,30,34). The fourth-order valence-corrected chi connectivity index (χ4v) is 4.34. The van der Waals surface area contributed by atoms with E-state index in [2.05, 4.69) is 57.6 Å². The second kappa shape index (κ2) is 13.0. The van der Waals surface area contributed by atoms with Gasteiger partial charge in [-0.3, -0.25) is 14.6 Å². The summed E-state index contributed by atoms with van der Waals surface area (Å²) in [5.41, 5.74) is 3.36. The average Bonchev–Trinajstić information content (AvgIpc) is 2.90. The topological polar surface area (TPSA) is 57.3 Å². The highest BCUT2D eigenvalue weighted by atomic mass is 16.5. The fourth-order valence-electron chi connectivity index (χ4n) is 4.34. The highest BCUT2D eigenvalue weighted by Gasteiger charge is 2.17. The normalized spacial score (nSPS) is 14.0. The van der Waals surface area contributed by atoms with Crippen LogP contribution >= 0.6 is 0 Å². The molecule has 0 aliphatic carbocycles. The lowest BCUT2D eigenvalue weighted by atomic mass is 10.2. The third-order valence-corrected chi connectivity index (χ3v) is 6.35. The monoisotopic (exact) mass is 488 g/mol. The summed E-state index contributed by atoms with van der Waals surface area (Å²) in [4.78, 5) is 19.3. The molecule has 4 rings (SSSR count). The molecule has 7 nitrogen and oxygen atoms in total. The molecular weight excluding hydrogens is 452 g/mol. The van der Waals surface area contributed by atoms with Gasteiger partial charge >= 0.3 is 0 Å². The Balaban J connectivity index is 1.17. The van der Waals surface area contributed by atoms with Crippen molar-refractivity contribution in [3.8, 4) is 11.5 Å². The van der Waals surface area contributed by atoms with Gasteiger partial charge in [-0.05, 0) is 49.0 Å². The van der Waals surface area contributed by atoms with Gasteiger partial charge in [0.1, 0.15) is 6.61 Å². The Kier molecular flexibility index (Phi) is 9.19. The lowest BCUT2D eigenvalue weighted by Gasteiger charge is -2.36. The second-order valence-corrected chi connectivity index (χ2v) is 9.08. The van der Waals surface area contributed by atoms with E-state index in [9.17, 15) is 4.79 Å². The maximum absolute atomic E-state index is 12.5. The summed E-state index contributed by atoms with van der Waals surface area (Å²) in [7, 11) is 3.53. The number of benzene rings is 3. The zero-order chi connectivity index (χ0) is 25.2. The Labute approximate surface area is 214 Å². The smallest absolute Gasteiger partial charge is 0.238 e. The van der Waals surface area contributed by atoms with Crippen molar-refractivity contribution in [2.75, 3.05) is 70.2 Å². The molecule has 0 radical (unpaired) electrons. The van der Waals surface area contributed by atoms with Crippen molar-refractivity contribution in [1.82, 2.24) is 9.80 Å². The average molecular weight is 489 g/mol. The van der Waals surface area contributed by atoms with Crippen molar-refractivity contribution in [3.05, 3.63) is 84.4 Å². The van der Waals surface area contributed by atoms with Crippen LogP contribution in [0.5, 0.6) is 11.5 Å². The fraction of sp³-hybridized carbons (Fsp3) is 0.345. The van der Waals surface area contributed by atoms with Crippen LogP contribution in [0.15, 0.2) is 78.9 Å². The van der Waals surface area contributed by atoms with Crippen molar-refractivity contribution < 1.29 is 14.3 Å². The number of piperazine rings is 1. The molecule has 0 spiro atoms. The van der Waals surface area contributed by atoms with Crippen LogP contribution in [-0.2, 0) is 11.3 Å². The minimum Gasteiger partial charge on any atom is -0.493 e. The van der Waals surface area contributed by atoms with E-state index in [1.165, 1.54) is 11.3 Å². The molecule has 1 aliphatic rings. The number of methoxy groups -OCH3 is 1. The van der Waals surface area contributed by atoms with Crippen molar-refractivity contribution in [2.45, 2.75) is 6.54 Å². The highest BCUT2D eigenvalue weighted by Crippen LogP contribution is 2.25. The minimum atomic E-state index is -0.0444. The molecule has 190 valence electrons. The largest absolute Gasteiger partial charge is 0.493 e. The van der Waals surface area contributed by atoms with Crippen LogP contribution in [0, 0.1) is 0 Å². The first-order valence-corrected chi connectivity index (χ1v) is 12.5. The molecule has 0 bridgehead atoms. The maximum atomic E-state index is 12.5. The highest BCUT2D eigenvalue weighted by molar-refractivity contribution is 5.92. The predicted molar refractivity (Wildman–Crippen MR) is 145 cm³/mol. The van der Waals surface area contributed by atoms with E-state index in [4.69, 9.17) is 9.47 Å². The molecule has 0 aromatic heterocycles. The summed E-state index contributed by atoms with van der Waals surface area (Å²) in [6.45, 7) is 6.47. The molecule has 1 N–H and O–H groups in total. The summed E-state index contributed by atoms with van der Waals surface area (Å²) in [6, 6.07) is 26.3. The van der Waals surface area contributed by atoms with Crippen LogP contribution in [0.25, 0.3) is 0 Å². The van der Waals surface area contributed by atoms with Crippen LogP contribution in [0.1, 0.15) is 5.56 Å². The Bertz CT molecular complexity index is 1080. The summed E-state index contributed by atoms with van der Waals surface area (Å²) >= 11 is 0. The Morgan fingerprint density at radius 3 is 2.25 bits per heavy atom. The third kappa shape index (κ3) is 7.47. The molecule has 1 saturated heterocycles. The number of amides is 1. The first-order chi connectivity index (χ1) is 17.6. The van der Waals surface area contributed by atoms with Gasteiger partial charge < -0.3 is 19.7 Å². The Hall–Kier alpha value is -3.55. The van der Waals surface area contributed by atoms with Gasteiger partial charge in [-0.2, -0.15) is 0 Å². The lowest BCUT2D eigenvalue weighted by molar-refractivity contribution is -0.117. The van der Waals surface area contributed by atoms with Crippen LogP contribution < -0.4 is 19.7 Å². The van der Waals surface area contributed by atoms with Gasteiger partial charge in [-0.1, -0.05) is 42.5 Å². The first-order valence-electron chi connectivity index (χ1n) is 12.5. The molecular formula is C29H36N4O3. The number of para-hydroxylation sites is 2. The zero-order valence-electron chi connectivity index (χ0n) is 21.2. The van der Waals surface area contributed by atoms with E-state index in [-0.39, 0.29) is 5.91 Å². The number of likely N-dealkylation sites (N-methyl/N-ethyl adjacent to an activating group) is 1. The molecule has 0 unspecified atom stereocenters. The third-order valence-electron chi connectivity index (χ3n) is 6.35. The van der Waals surface area contributed by atoms with Gasteiger partial charge in [0.05, 0.1) is 13.7 Å². The van der Waals surface area contributed by atoms with Crippen molar-refractivity contribution >= 4 is 17.3 Å². The van der Waals surface area contributed by atoms with Gasteiger partial charge in [0, 0.05) is 50.6 Å². The summed E-state index contributed by atoms with van der Waals surface area (Å²) in [5, 5.41) is 3.00. The molecule has 0 atom stereocenters. The first kappa shape index (κ1) is 25.5. The van der Waals surface area contributed by atoms with Crippen LogP contribution in [-0.4, -0.2) is 75.7 Å². The molecule has 0 saturated carbocycles. The number of ether oxygens (including phenoxy) is 2. The van der Waals surface area contributed by atoms with Crippen molar-refractivity contribution in [2.24, 2.45) is 0 Å². The molecule has 1 aliphatic heterocycles. The Morgan fingerprint density at radius 1 is 0.889 bits per heavy atom. The van der Waals surface area contributed by atoms with E-state index in [1.54, 1.807) is 7.11 Å². The van der Waals surface area contributed by atoms with E-state index >= 15 is 0 Å². The molecule has 7 heteroatoms. The number of carbonyl (C=O) groups excluding carboxylic acids is 1. The SMILES string of the molecule is COc1ccccc1OCCN(C)CC(=O)Nc1ccc(N2CCN(Cc3ccccc3)CC2)cc1. The van der Waals surface area contributed by atoms with Crippen LogP contribution in [0.2, 0.25) is 0 Å². The summed E-state index contributed by atoms with van der Waals surface area (Å²) < 4.78 is 11.1. The maximum Gasteiger partial charge on any atom is 0.238 e. The zero-order valence-corrected chi connectivity index (χ0v) is 21.2. The second-order valence-electron chi connectivity index (χ2n) is 9.08. The molecule has 1 amide bonds. The Morgan fingerprint density at radius 2 is 1.56 bits per heavy atom. The molecule has 3 aromatic rings. The lowest BCUT2D eigenvalue weighted by Crippen LogP contribution is -2.45. The number of nitrogens with zero attached hydrogens (tertiary/aromatic N) is 3. The van der Waals surface area contributed by atoms with E-state index in [0.717, 1.165) is 38.4 Å². The number of rotatable bonds is 11. The number of anilines is 2. The van der Waals surface area contributed by atoms with Gasteiger partial charge in [0.2, 0.25) is 5.91 Å². The van der Waals surface area contributed by atoms with Gasteiger partial charge in [0.25, 0.3) is 0 Å². The number of hydrogen-bond acceptors (Lipinski definition) is 6. The number of carbonyl (C=O) groups is 1. The predicted octanol–water partition coefficient (Wildman–Crippen LogP) is 3.97. The van der Waals surface area contributed by atoms with Crippen molar-refractivity contribution in [1.29, 1.82) is 0 Å². The van der Waals surface area contributed by atoms with Gasteiger partial charge in [-0.15, -0.1) is 0 Å². The summed E-state index contributed by atoms with van der Waals surface area (Å²) in [5.74, 6) is 1.36. The number of hydrogen-bond donors (Lipinski definition) is 1. The van der Waals surface area contributed by atoms with Gasteiger partial charge in [-0.25, -0.2) is 0 Å². The van der Waals surface area contributed by atoms with Gasteiger partial charge in [0.15, 0.2) is 11.5 Å². The molecule has 36 heavy (non-hydrogen) atoms.